The number of fused-ring (bicyclic) bond motifs is 1. The molecule has 4 rings (SSSR count). The maximum Gasteiger partial charge on any atom is 0.340 e. The lowest BCUT2D eigenvalue weighted by Gasteiger charge is -2.45. The molecule has 0 radical (unpaired) electrons. The Morgan fingerprint density at radius 2 is 1.78 bits per heavy atom. The molecule has 2 aromatic heterocycles. The lowest BCUT2D eigenvalue weighted by Crippen LogP contribution is -2.56. The van der Waals surface area contributed by atoms with Crippen LogP contribution in [0.2, 0.25) is 0 Å². The highest BCUT2D eigenvalue weighted by Gasteiger charge is 2.58. The maximum atomic E-state index is 15.5. The SMILES string of the molecule is CC(C)(C)OC(=O)CC1=N[C@](C)(c2nc(CC(=O)c3ccc(OCC(F)(F)C(F)F)cn3)ccc2F)[C@@H]2CCN=[S@]2(=O)C1(C)C. The van der Waals surface area contributed by atoms with Gasteiger partial charge in [0.15, 0.2) is 12.4 Å². The Balaban J connectivity index is 1.63. The van der Waals surface area contributed by atoms with E-state index in [9.17, 15) is 31.4 Å². The van der Waals surface area contributed by atoms with Crippen LogP contribution >= 0.6 is 0 Å². The van der Waals surface area contributed by atoms with E-state index in [2.05, 4.69) is 19.1 Å². The van der Waals surface area contributed by atoms with E-state index in [0.717, 1.165) is 18.3 Å². The summed E-state index contributed by atoms with van der Waals surface area (Å²) in [5.41, 5.74) is -2.14. The average Bonchev–Trinajstić information content (AvgIpc) is 3.35. The van der Waals surface area contributed by atoms with Crippen LogP contribution in [0.4, 0.5) is 22.0 Å². The minimum atomic E-state index is -4.36. The van der Waals surface area contributed by atoms with Crippen molar-refractivity contribution in [3.63, 3.8) is 0 Å². The fourth-order valence-electron chi connectivity index (χ4n) is 5.36. The summed E-state index contributed by atoms with van der Waals surface area (Å²) in [6, 6.07) is 4.74. The Morgan fingerprint density at radius 3 is 2.38 bits per heavy atom. The van der Waals surface area contributed by atoms with Gasteiger partial charge in [0.25, 0.3) is 0 Å². The zero-order valence-corrected chi connectivity index (χ0v) is 26.5. The summed E-state index contributed by atoms with van der Waals surface area (Å²) >= 11 is 0. The van der Waals surface area contributed by atoms with Gasteiger partial charge in [-0.15, -0.1) is 0 Å². The Morgan fingerprint density at radius 1 is 1.09 bits per heavy atom. The smallest absolute Gasteiger partial charge is 0.340 e. The second-order valence-electron chi connectivity index (χ2n) is 12.6. The number of carbonyl (C=O) groups is 2. The van der Waals surface area contributed by atoms with Gasteiger partial charge in [0.05, 0.1) is 38.8 Å². The fourth-order valence-corrected chi connectivity index (χ4v) is 8.61. The molecule has 15 heteroatoms. The number of carbonyl (C=O) groups excluding carboxylic acids is 2. The molecule has 0 N–H and O–H groups in total. The Bertz CT molecular complexity index is 1630. The molecule has 2 aliphatic heterocycles. The van der Waals surface area contributed by atoms with Crippen LogP contribution < -0.4 is 4.74 Å². The lowest BCUT2D eigenvalue weighted by atomic mass is 9.88. The monoisotopic (exact) mass is 658 g/mol. The van der Waals surface area contributed by atoms with Crippen molar-refractivity contribution < 1.29 is 45.2 Å². The molecule has 4 heterocycles. The van der Waals surface area contributed by atoms with Crippen molar-refractivity contribution in [1.82, 2.24) is 9.97 Å². The molecule has 0 saturated carbocycles. The number of ether oxygens (including phenoxy) is 2. The molecule has 246 valence electrons. The molecular weight excluding hydrogens is 623 g/mol. The van der Waals surface area contributed by atoms with Crippen molar-refractivity contribution in [2.24, 2.45) is 9.36 Å². The summed E-state index contributed by atoms with van der Waals surface area (Å²) in [4.78, 5) is 39.0. The van der Waals surface area contributed by atoms with Gasteiger partial charge in [-0.05, 0) is 72.2 Å². The van der Waals surface area contributed by atoms with Crippen molar-refractivity contribution in [3.8, 4) is 5.75 Å². The standard InChI is InChI=1S/C30H35F5N4O5S/c1-27(2,3)44-24(41)14-22-28(4,5)45(42)23(11-12-37-45)29(6,39-22)25-19(31)9-7-17(38-25)13-21(40)20-10-8-18(15-36-20)43-16-30(34,35)26(32)33/h7-10,15,23,26H,11-14,16H2,1-6H3/t23-,29-,45+/m0/s1. The highest BCUT2D eigenvalue weighted by Crippen LogP contribution is 2.48. The van der Waals surface area contributed by atoms with Crippen LogP contribution in [0, 0.1) is 5.82 Å². The summed E-state index contributed by atoms with van der Waals surface area (Å²) in [7, 11) is -3.08. The number of Topliss-reactive ketones (excluding diaryl/α,β-unsaturated/α-hetero) is 1. The number of hydrogen-bond acceptors (Lipinski definition) is 9. The summed E-state index contributed by atoms with van der Waals surface area (Å²) in [5.74, 6) is -6.50. The van der Waals surface area contributed by atoms with Gasteiger partial charge >= 0.3 is 18.3 Å². The molecule has 0 unspecified atom stereocenters. The second kappa shape index (κ2) is 12.0. The minimum Gasteiger partial charge on any atom is -0.485 e. The zero-order valence-electron chi connectivity index (χ0n) is 25.7. The van der Waals surface area contributed by atoms with Gasteiger partial charge in [0.1, 0.15) is 34.1 Å². The molecule has 0 amide bonds. The molecule has 3 atom stereocenters. The van der Waals surface area contributed by atoms with Crippen molar-refractivity contribution >= 4 is 27.2 Å². The first-order valence-corrected chi connectivity index (χ1v) is 15.7. The van der Waals surface area contributed by atoms with Crippen LogP contribution in [-0.2, 0) is 31.2 Å². The van der Waals surface area contributed by atoms with E-state index in [1.54, 1.807) is 41.5 Å². The van der Waals surface area contributed by atoms with E-state index in [1.165, 1.54) is 12.1 Å². The van der Waals surface area contributed by atoms with Crippen LogP contribution in [0.15, 0.2) is 39.8 Å². The quantitative estimate of drug-likeness (QED) is 0.181. The Hall–Kier alpha value is -3.49. The highest BCUT2D eigenvalue weighted by molar-refractivity contribution is 7.96. The van der Waals surface area contributed by atoms with Gasteiger partial charge in [0, 0.05) is 18.0 Å². The van der Waals surface area contributed by atoms with Crippen LogP contribution in [0.5, 0.6) is 5.75 Å². The van der Waals surface area contributed by atoms with Crippen LogP contribution in [0.3, 0.4) is 0 Å². The van der Waals surface area contributed by atoms with Crippen molar-refractivity contribution in [3.05, 3.63) is 53.4 Å². The third-order valence-corrected chi connectivity index (χ3v) is 11.4. The van der Waals surface area contributed by atoms with Crippen LogP contribution in [-0.4, -0.2) is 72.7 Å². The molecule has 2 aliphatic rings. The molecule has 0 bridgehead atoms. The third-order valence-electron chi connectivity index (χ3n) is 7.71. The first kappa shape index (κ1) is 34.4. The molecule has 0 fully saturated rings. The van der Waals surface area contributed by atoms with Gasteiger partial charge in [-0.2, -0.15) is 8.78 Å². The van der Waals surface area contributed by atoms with Crippen molar-refractivity contribution in [2.75, 3.05) is 13.2 Å². The number of aromatic nitrogens is 2. The zero-order chi connectivity index (χ0) is 33.6. The number of hydrogen-bond donors (Lipinski definition) is 0. The molecule has 2 aromatic rings. The van der Waals surface area contributed by atoms with Gasteiger partial charge in [-0.3, -0.25) is 19.6 Å². The van der Waals surface area contributed by atoms with Crippen molar-refractivity contribution in [1.29, 1.82) is 0 Å². The number of halogens is 5. The van der Waals surface area contributed by atoms with Gasteiger partial charge in [-0.25, -0.2) is 26.7 Å². The topological polar surface area (TPSA) is 120 Å². The molecule has 9 nitrogen and oxygen atoms in total. The van der Waals surface area contributed by atoms with Crippen LogP contribution in [0.25, 0.3) is 0 Å². The number of alkyl halides is 4. The number of rotatable bonds is 10. The molecule has 45 heavy (non-hydrogen) atoms. The van der Waals surface area contributed by atoms with E-state index in [-0.39, 0.29) is 47.9 Å². The van der Waals surface area contributed by atoms with E-state index in [4.69, 9.17) is 9.73 Å². The molecular formula is C30H35F5N4O5S. The van der Waals surface area contributed by atoms with E-state index in [1.807, 2.05) is 0 Å². The molecule has 0 spiro atoms. The molecule has 0 aliphatic carbocycles. The summed E-state index contributed by atoms with van der Waals surface area (Å²) in [6.07, 6.45) is -3.24. The minimum absolute atomic E-state index is 0.100. The van der Waals surface area contributed by atoms with Crippen molar-refractivity contribution in [2.45, 2.75) is 94.3 Å². The van der Waals surface area contributed by atoms with Gasteiger partial charge in [0.2, 0.25) is 0 Å². The summed E-state index contributed by atoms with van der Waals surface area (Å²) in [6.45, 7) is 8.83. The Kier molecular flexibility index (Phi) is 9.19. The van der Waals surface area contributed by atoms with E-state index in [0.29, 0.717) is 6.42 Å². The average molecular weight is 659 g/mol. The first-order valence-electron chi connectivity index (χ1n) is 14.2. The second-order valence-corrected chi connectivity index (χ2v) is 15.6. The van der Waals surface area contributed by atoms with E-state index < -0.39 is 67.4 Å². The summed E-state index contributed by atoms with van der Waals surface area (Å²) < 4.78 is 94.6. The summed E-state index contributed by atoms with van der Waals surface area (Å²) in [5, 5.41) is -0.734. The van der Waals surface area contributed by atoms with E-state index >= 15 is 4.39 Å². The normalized spacial score (nSPS) is 24.4. The largest absolute Gasteiger partial charge is 0.485 e. The van der Waals surface area contributed by atoms with Gasteiger partial charge in [-0.1, -0.05) is 0 Å². The number of esters is 1. The number of nitrogens with zero attached hydrogens (tertiary/aromatic N) is 4. The molecule has 0 aromatic carbocycles. The predicted molar refractivity (Wildman–Crippen MR) is 156 cm³/mol. The predicted octanol–water partition coefficient (Wildman–Crippen LogP) is 5.74. The fraction of sp³-hybridized carbons (Fsp3) is 0.567. The first-order chi connectivity index (χ1) is 20.7. The number of aliphatic imine (C=N–C) groups is 1. The van der Waals surface area contributed by atoms with Gasteiger partial charge < -0.3 is 9.47 Å². The third kappa shape index (κ3) is 6.87. The molecule has 0 saturated heterocycles. The lowest BCUT2D eigenvalue weighted by molar-refractivity contribution is -0.153. The number of ketones is 1. The maximum absolute atomic E-state index is 15.5. The Labute approximate surface area is 258 Å². The highest BCUT2D eigenvalue weighted by atomic mass is 32.2. The van der Waals surface area contributed by atoms with Crippen LogP contribution in [0.1, 0.15) is 76.3 Å². The number of pyridine rings is 2.